The van der Waals surface area contributed by atoms with Gasteiger partial charge in [-0.25, -0.2) is 0 Å². The van der Waals surface area contributed by atoms with Gasteiger partial charge in [-0.1, -0.05) is 86.6 Å². The van der Waals surface area contributed by atoms with Gasteiger partial charge in [-0.3, -0.25) is 4.98 Å². The molecule has 0 saturated heterocycles. The van der Waals surface area contributed by atoms with Crippen LogP contribution in [0.1, 0.15) is 25.3 Å². The van der Waals surface area contributed by atoms with Gasteiger partial charge in [0, 0.05) is 32.0 Å². The van der Waals surface area contributed by atoms with Crippen LogP contribution in [0, 0.1) is 12.1 Å². The molecule has 0 spiro atoms. The first-order chi connectivity index (χ1) is 20.7. The van der Waals surface area contributed by atoms with Crippen molar-refractivity contribution in [2.75, 3.05) is 0 Å². The third-order valence-corrected chi connectivity index (χ3v) is 7.16. The standard InChI is InChI=1S/C22H19N2.C17H12N.Ir/c1-16(2)18-12-6-8-14-20(18)24-21-15-9-7-13-19(21)23-22(24)17-10-4-3-5-11-17;1-2-7-14(8-3-1)15-9-6-10-16(13-15)17-11-4-5-12-18-17;/h3-10,12-16H,1-2H3;1-9,11-13H;/q2*-1;. The molecule has 0 fully saturated rings. The van der Waals surface area contributed by atoms with E-state index < -0.39 is 0 Å². The van der Waals surface area contributed by atoms with Crippen molar-refractivity contribution in [3.63, 3.8) is 0 Å². The number of hydrogen-bond donors (Lipinski definition) is 0. The Hall–Kier alpha value is -4.63. The molecule has 5 aromatic carbocycles. The Labute approximate surface area is 267 Å². The van der Waals surface area contributed by atoms with Gasteiger partial charge in [0.15, 0.2) is 0 Å². The van der Waals surface area contributed by atoms with Crippen molar-refractivity contribution in [2.45, 2.75) is 19.8 Å². The molecule has 0 aliphatic carbocycles. The van der Waals surface area contributed by atoms with Gasteiger partial charge in [0.2, 0.25) is 0 Å². The summed E-state index contributed by atoms with van der Waals surface area (Å²) in [5.74, 6) is 1.37. The van der Waals surface area contributed by atoms with Gasteiger partial charge in [-0.05, 0) is 47.0 Å². The number of hydrogen-bond acceptors (Lipinski definition) is 2. The van der Waals surface area contributed by atoms with Crippen molar-refractivity contribution >= 4 is 11.0 Å². The van der Waals surface area contributed by atoms with Crippen LogP contribution in [-0.4, -0.2) is 14.5 Å². The Bertz CT molecular complexity index is 1840. The number of pyridine rings is 1. The molecule has 4 heteroatoms. The molecule has 2 heterocycles. The summed E-state index contributed by atoms with van der Waals surface area (Å²) in [6.07, 6.45) is 1.80. The zero-order chi connectivity index (χ0) is 28.7. The maximum Gasteiger partial charge on any atom is 0.0774 e. The molecule has 3 nitrogen and oxygen atoms in total. The fourth-order valence-electron chi connectivity index (χ4n) is 5.11. The minimum absolute atomic E-state index is 0. The second kappa shape index (κ2) is 14.0. The van der Waals surface area contributed by atoms with Crippen LogP contribution in [0.25, 0.3) is 50.5 Å². The number of nitrogens with zero attached hydrogens (tertiary/aromatic N) is 3. The van der Waals surface area contributed by atoms with Crippen LogP contribution in [-0.2, 0) is 20.1 Å². The van der Waals surface area contributed by atoms with Crippen LogP contribution in [0.2, 0.25) is 0 Å². The van der Waals surface area contributed by atoms with E-state index in [0.717, 1.165) is 33.7 Å². The maximum atomic E-state index is 4.89. The van der Waals surface area contributed by atoms with Crippen LogP contribution in [0.4, 0.5) is 0 Å². The third-order valence-electron chi connectivity index (χ3n) is 7.16. The van der Waals surface area contributed by atoms with Gasteiger partial charge in [-0.15, -0.1) is 71.3 Å². The molecule has 0 saturated carbocycles. The predicted molar refractivity (Wildman–Crippen MR) is 173 cm³/mol. The van der Waals surface area contributed by atoms with Gasteiger partial charge >= 0.3 is 0 Å². The smallest absolute Gasteiger partial charge is 0.0774 e. The number of imidazole rings is 1. The van der Waals surface area contributed by atoms with E-state index in [2.05, 4.69) is 108 Å². The third kappa shape index (κ3) is 6.73. The van der Waals surface area contributed by atoms with E-state index in [4.69, 9.17) is 4.98 Å². The van der Waals surface area contributed by atoms with Crippen LogP contribution in [0.5, 0.6) is 0 Å². The quantitative estimate of drug-likeness (QED) is 0.165. The molecule has 2 aromatic heterocycles. The summed E-state index contributed by atoms with van der Waals surface area (Å²) in [6, 6.07) is 53.8. The molecule has 43 heavy (non-hydrogen) atoms. The number of fused-ring (bicyclic) bond motifs is 1. The van der Waals surface area contributed by atoms with E-state index in [1.807, 2.05) is 66.7 Å². The molecular formula is C39H31IrN3-2. The van der Waals surface area contributed by atoms with E-state index in [1.54, 1.807) is 6.20 Å². The Morgan fingerprint density at radius 3 is 2.12 bits per heavy atom. The van der Waals surface area contributed by atoms with E-state index in [9.17, 15) is 0 Å². The summed E-state index contributed by atoms with van der Waals surface area (Å²) in [4.78, 5) is 9.24. The molecule has 0 aliphatic rings. The summed E-state index contributed by atoms with van der Waals surface area (Å²) >= 11 is 0. The second-order valence-electron chi connectivity index (χ2n) is 10.3. The van der Waals surface area contributed by atoms with Gasteiger partial charge < -0.3 is 9.55 Å². The zero-order valence-electron chi connectivity index (χ0n) is 24.1. The van der Waals surface area contributed by atoms with E-state index in [0.29, 0.717) is 5.92 Å². The fraction of sp³-hybridized carbons (Fsp3) is 0.0769. The molecule has 0 N–H and O–H groups in total. The Balaban J connectivity index is 0.000000174. The van der Waals surface area contributed by atoms with Gasteiger partial charge in [0.1, 0.15) is 0 Å². The van der Waals surface area contributed by atoms with E-state index >= 15 is 0 Å². The average molecular weight is 734 g/mol. The molecule has 1 radical (unpaired) electrons. The number of rotatable bonds is 5. The summed E-state index contributed by atoms with van der Waals surface area (Å²) in [7, 11) is 0. The maximum absolute atomic E-state index is 4.89. The SMILES string of the molecule is CC(C)c1ccccc1-n1c(-c2[c-]cccc2)nc2ccccc21.[Ir].[c-]1ccc(-c2ccccc2)cc1-c1ccccn1. The zero-order valence-corrected chi connectivity index (χ0v) is 26.5. The molecule has 0 atom stereocenters. The first-order valence-electron chi connectivity index (χ1n) is 14.2. The second-order valence-corrected chi connectivity index (χ2v) is 10.3. The van der Waals surface area contributed by atoms with Crippen LogP contribution >= 0.6 is 0 Å². The average Bonchev–Trinajstić information content (AvgIpc) is 3.46. The van der Waals surface area contributed by atoms with Crippen LogP contribution in [0.15, 0.2) is 146 Å². The topological polar surface area (TPSA) is 30.7 Å². The Morgan fingerprint density at radius 2 is 1.35 bits per heavy atom. The van der Waals surface area contributed by atoms with Crippen molar-refractivity contribution in [2.24, 2.45) is 0 Å². The Morgan fingerprint density at radius 1 is 0.628 bits per heavy atom. The van der Waals surface area contributed by atoms with Crippen molar-refractivity contribution in [3.8, 4) is 39.5 Å². The monoisotopic (exact) mass is 734 g/mol. The minimum Gasteiger partial charge on any atom is -0.333 e. The normalized spacial score (nSPS) is 10.6. The molecule has 0 unspecified atom stereocenters. The largest absolute Gasteiger partial charge is 0.333 e. The van der Waals surface area contributed by atoms with E-state index in [-0.39, 0.29) is 20.1 Å². The molecule has 0 bridgehead atoms. The van der Waals surface area contributed by atoms with Crippen molar-refractivity contribution < 1.29 is 20.1 Å². The van der Waals surface area contributed by atoms with Crippen LogP contribution < -0.4 is 0 Å². The number of benzene rings is 5. The van der Waals surface area contributed by atoms with Crippen molar-refractivity contribution in [3.05, 3.63) is 163 Å². The molecule has 0 aliphatic heterocycles. The fourth-order valence-corrected chi connectivity index (χ4v) is 5.11. The van der Waals surface area contributed by atoms with Gasteiger partial charge in [0.05, 0.1) is 16.9 Å². The first kappa shape index (κ1) is 29.8. The Kier molecular flexibility index (Phi) is 9.73. The van der Waals surface area contributed by atoms with Crippen LogP contribution in [0.3, 0.4) is 0 Å². The summed E-state index contributed by atoms with van der Waals surface area (Å²) < 4.78 is 2.26. The molecular weight excluding hydrogens is 703 g/mol. The molecule has 213 valence electrons. The van der Waals surface area contributed by atoms with Crippen molar-refractivity contribution in [1.29, 1.82) is 0 Å². The first-order valence-corrected chi connectivity index (χ1v) is 14.2. The summed E-state index contributed by atoms with van der Waals surface area (Å²) in [5.41, 5.74) is 10.0. The molecule has 7 aromatic rings. The molecule has 7 rings (SSSR count). The van der Waals surface area contributed by atoms with Crippen molar-refractivity contribution in [1.82, 2.24) is 14.5 Å². The summed E-state index contributed by atoms with van der Waals surface area (Å²) in [5, 5.41) is 0. The molecule has 0 amide bonds. The summed E-state index contributed by atoms with van der Waals surface area (Å²) in [6.45, 7) is 4.46. The number of para-hydroxylation sites is 3. The van der Waals surface area contributed by atoms with Gasteiger partial charge in [-0.2, -0.15) is 0 Å². The van der Waals surface area contributed by atoms with Gasteiger partial charge in [0.25, 0.3) is 0 Å². The number of aromatic nitrogens is 3. The predicted octanol–water partition coefficient (Wildman–Crippen LogP) is 9.83. The minimum atomic E-state index is 0. The van der Waals surface area contributed by atoms with E-state index in [1.165, 1.54) is 22.4 Å².